The molecule has 3 nitrogen and oxygen atoms in total. The molecule has 1 heterocycles. The Morgan fingerprint density at radius 2 is 1.82 bits per heavy atom. The number of hydrogen-bond donors (Lipinski definition) is 0. The largest absolute Gasteiger partial charge is 0.423 e. The van der Waals surface area contributed by atoms with Crippen LogP contribution in [0.3, 0.4) is 0 Å². The molecule has 88 valence electrons. The van der Waals surface area contributed by atoms with Crippen molar-refractivity contribution >= 4 is 34.8 Å². The van der Waals surface area contributed by atoms with Crippen molar-refractivity contribution < 1.29 is 4.74 Å². The van der Waals surface area contributed by atoms with Crippen LogP contribution >= 0.6 is 34.8 Å². The Morgan fingerprint density at radius 1 is 1.12 bits per heavy atom. The highest BCUT2D eigenvalue weighted by Gasteiger charge is 2.05. The number of rotatable bonds is 3. The first-order valence-electron chi connectivity index (χ1n) is 4.69. The van der Waals surface area contributed by atoms with E-state index < -0.39 is 0 Å². The van der Waals surface area contributed by atoms with E-state index in [0.717, 1.165) is 5.56 Å². The van der Waals surface area contributed by atoms with Crippen molar-refractivity contribution in [3.63, 3.8) is 0 Å². The van der Waals surface area contributed by atoms with E-state index in [4.69, 9.17) is 39.5 Å². The predicted octanol–water partition coefficient (Wildman–Crippen LogP) is 4.31. The lowest BCUT2D eigenvalue weighted by Gasteiger charge is -2.05. The van der Waals surface area contributed by atoms with Gasteiger partial charge in [0.1, 0.15) is 5.75 Å². The van der Waals surface area contributed by atoms with Crippen LogP contribution in [0, 0.1) is 0 Å². The van der Waals surface area contributed by atoms with Gasteiger partial charge in [-0.1, -0.05) is 23.2 Å². The number of alkyl halides is 1. The van der Waals surface area contributed by atoms with Crippen LogP contribution in [0.5, 0.6) is 11.8 Å². The number of aromatic nitrogens is 2. The lowest BCUT2D eigenvalue weighted by atomic mass is 10.3. The third-order valence-corrected chi connectivity index (χ3v) is 2.77. The smallest absolute Gasteiger partial charge is 0.321 e. The second-order valence-electron chi connectivity index (χ2n) is 3.18. The summed E-state index contributed by atoms with van der Waals surface area (Å²) in [6.45, 7) is 0. The summed E-state index contributed by atoms with van der Waals surface area (Å²) in [4.78, 5) is 8.00. The molecule has 1 aromatic carbocycles. The molecule has 0 atom stereocenters. The Balaban J connectivity index is 2.19. The van der Waals surface area contributed by atoms with Gasteiger partial charge < -0.3 is 4.74 Å². The van der Waals surface area contributed by atoms with E-state index in [1.54, 1.807) is 30.6 Å². The van der Waals surface area contributed by atoms with E-state index in [1.807, 2.05) is 0 Å². The van der Waals surface area contributed by atoms with Crippen LogP contribution in [0.4, 0.5) is 0 Å². The Kier molecular flexibility index (Phi) is 4.05. The summed E-state index contributed by atoms with van der Waals surface area (Å²) < 4.78 is 5.41. The van der Waals surface area contributed by atoms with Gasteiger partial charge in [0.2, 0.25) is 0 Å². The minimum atomic E-state index is 0.211. The molecular formula is C11H7Cl3N2O. The minimum absolute atomic E-state index is 0.211. The molecule has 0 aliphatic heterocycles. The Hall–Kier alpha value is -1.03. The SMILES string of the molecule is ClCc1cnc(Oc2ccc(Cl)cc2Cl)nc1. The first-order valence-corrected chi connectivity index (χ1v) is 5.98. The van der Waals surface area contributed by atoms with Crippen LogP contribution in [0.1, 0.15) is 5.56 Å². The van der Waals surface area contributed by atoms with E-state index in [-0.39, 0.29) is 6.01 Å². The zero-order valence-electron chi connectivity index (χ0n) is 8.53. The second-order valence-corrected chi connectivity index (χ2v) is 4.30. The maximum absolute atomic E-state index is 5.95. The molecule has 2 aromatic rings. The van der Waals surface area contributed by atoms with Crippen LogP contribution in [-0.4, -0.2) is 9.97 Å². The topological polar surface area (TPSA) is 35.0 Å². The summed E-state index contributed by atoms with van der Waals surface area (Å²) in [6, 6.07) is 5.13. The molecule has 0 radical (unpaired) electrons. The van der Waals surface area contributed by atoms with Gasteiger partial charge in [-0.15, -0.1) is 11.6 Å². The summed E-state index contributed by atoms with van der Waals surface area (Å²) in [5.74, 6) is 0.816. The van der Waals surface area contributed by atoms with Crippen LogP contribution in [0.2, 0.25) is 10.0 Å². The highest BCUT2D eigenvalue weighted by molar-refractivity contribution is 6.35. The first-order chi connectivity index (χ1) is 8.19. The van der Waals surface area contributed by atoms with E-state index in [1.165, 1.54) is 0 Å². The maximum Gasteiger partial charge on any atom is 0.321 e. The fourth-order valence-electron chi connectivity index (χ4n) is 1.12. The second kappa shape index (κ2) is 5.54. The number of ether oxygens (including phenoxy) is 1. The van der Waals surface area contributed by atoms with Gasteiger partial charge in [-0.05, 0) is 18.2 Å². The van der Waals surface area contributed by atoms with Gasteiger partial charge in [-0.3, -0.25) is 0 Å². The number of halogens is 3. The lowest BCUT2D eigenvalue weighted by molar-refractivity contribution is 0.441. The van der Waals surface area contributed by atoms with Crippen molar-refractivity contribution in [3.8, 4) is 11.8 Å². The zero-order chi connectivity index (χ0) is 12.3. The van der Waals surface area contributed by atoms with E-state index in [9.17, 15) is 0 Å². The van der Waals surface area contributed by atoms with Gasteiger partial charge >= 0.3 is 6.01 Å². The van der Waals surface area contributed by atoms with Gasteiger partial charge in [0.05, 0.1) is 10.9 Å². The van der Waals surface area contributed by atoms with Crippen molar-refractivity contribution in [1.82, 2.24) is 9.97 Å². The van der Waals surface area contributed by atoms with Crippen LogP contribution in [-0.2, 0) is 5.88 Å². The molecule has 6 heteroatoms. The summed E-state index contributed by atoms with van der Waals surface area (Å²) in [6.07, 6.45) is 3.19. The number of benzene rings is 1. The third kappa shape index (κ3) is 3.22. The molecule has 1 aromatic heterocycles. The molecule has 0 N–H and O–H groups in total. The molecule has 0 bridgehead atoms. The molecule has 2 rings (SSSR count). The Morgan fingerprint density at radius 3 is 2.41 bits per heavy atom. The minimum Gasteiger partial charge on any atom is -0.423 e. The standard InChI is InChI=1S/C11H7Cl3N2O/c12-4-7-5-15-11(16-6-7)17-10-2-1-8(13)3-9(10)14/h1-3,5-6H,4H2. The maximum atomic E-state index is 5.95. The normalized spacial score (nSPS) is 10.3. The molecule has 0 unspecified atom stereocenters. The molecule has 0 spiro atoms. The average Bonchev–Trinajstić information content (AvgIpc) is 2.34. The van der Waals surface area contributed by atoms with Crippen molar-refractivity contribution in [3.05, 3.63) is 46.2 Å². The summed E-state index contributed by atoms with van der Waals surface area (Å²) >= 11 is 17.4. The highest BCUT2D eigenvalue weighted by atomic mass is 35.5. The number of hydrogen-bond acceptors (Lipinski definition) is 3. The summed E-state index contributed by atoms with van der Waals surface area (Å²) in [7, 11) is 0. The highest BCUT2D eigenvalue weighted by Crippen LogP contribution is 2.30. The molecule has 0 saturated heterocycles. The van der Waals surface area contributed by atoms with Crippen molar-refractivity contribution in [1.29, 1.82) is 0 Å². The predicted molar refractivity (Wildman–Crippen MR) is 68.1 cm³/mol. The van der Waals surface area contributed by atoms with Crippen molar-refractivity contribution in [2.24, 2.45) is 0 Å². The van der Waals surface area contributed by atoms with E-state index in [0.29, 0.717) is 21.7 Å². The first kappa shape index (κ1) is 12.4. The summed E-state index contributed by atoms with van der Waals surface area (Å²) in [5, 5.41) is 0.947. The molecule has 0 fully saturated rings. The van der Waals surface area contributed by atoms with E-state index >= 15 is 0 Å². The Bertz CT molecular complexity index is 517. The lowest BCUT2D eigenvalue weighted by Crippen LogP contribution is -1.93. The molecule has 0 aliphatic carbocycles. The monoisotopic (exact) mass is 288 g/mol. The fraction of sp³-hybridized carbons (Fsp3) is 0.0909. The van der Waals surface area contributed by atoms with Crippen molar-refractivity contribution in [2.45, 2.75) is 5.88 Å². The van der Waals surface area contributed by atoms with Gasteiger partial charge in [-0.25, -0.2) is 9.97 Å². The quantitative estimate of drug-likeness (QED) is 0.790. The molecule has 0 aliphatic rings. The molecule has 0 saturated carbocycles. The molecule has 17 heavy (non-hydrogen) atoms. The van der Waals surface area contributed by atoms with Crippen molar-refractivity contribution in [2.75, 3.05) is 0 Å². The average molecular weight is 290 g/mol. The van der Waals surface area contributed by atoms with Gasteiger partial charge in [0.25, 0.3) is 0 Å². The summed E-state index contributed by atoms with van der Waals surface area (Å²) in [5.41, 5.74) is 0.821. The van der Waals surface area contributed by atoms with Gasteiger partial charge in [0, 0.05) is 23.0 Å². The fourth-order valence-corrected chi connectivity index (χ4v) is 1.71. The van der Waals surface area contributed by atoms with E-state index in [2.05, 4.69) is 9.97 Å². The zero-order valence-corrected chi connectivity index (χ0v) is 10.8. The van der Waals surface area contributed by atoms with Gasteiger partial charge in [0.15, 0.2) is 0 Å². The number of nitrogens with zero attached hydrogens (tertiary/aromatic N) is 2. The third-order valence-electron chi connectivity index (χ3n) is 1.93. The van der Waals surface area contributed by atoms with Crippen LogP contribution in [0.25, 0.3) is 0 Å². The van der Waals surface area contributed by atoms with Gasteiger partial charge in [-0.2, -0.15) is 0 Å². The Labute approximate surface area is 113 Å². The van der Waals surface area contributed by atoms with Crippen LogP contribution < -0.4 is 4.74 Å². The molecular weight excluding hydrogens is 282 g/mol. The molecule has 0 amide bonds. The van der Waals surface area contributed by atoms with Crippen LogP contribution in [0.15, 0.2) is 30.6 Å².